The number of carbonyl (C=O) groups is 1. The van der Waals surface area contributed by atoms with E-state index in [2.05, 4.69) is 10.4 Å². The van der Waals surface area contributed by atoms with E-state index in [1.54, 1.807) is 22.7 Å². The third-order valence-corrected chi connectivity index (χ3v) is 6.50. The highest BCUT2D eigenvalue weighted by molar-refractivity contribution is 7.10. The Morgan fingerprint density at radius 3 is 3.08 bits per heavy atom. The van der Waals surface area contributed by atoms with Gasteiger partial charge in [-0.25, -0.2) is 4.98 Å². The summed E-state index contributed by atoms with van der Waals surface area (Å²) < 4.78 is 12.1. The minimum atomic E-state index is -0.202. The van der Waals surface area contributed by atoms with Crippen molar-refractivity contribution in [3.05, 3.63) is 38.5 Å². The van der Waals surface area contributed by atoms with Crippen molar-refractivity contribution in [1.29, 1.82) is 0 Å². The standard InChI is InChI=1S/C18H22N2O3S2/c1-13-19-14(10-25-13)9-22-15-4-5-23-18(8-15)11-20(12-18)17(21)7-16-3-2-6-24-16/h2-3,6,10,15H,4-5,7-9,11-12H2,1H3. The largest absolute Gasteiger partial charge is 0.372 e. The normalized spacial score (nSPS) is 22.1. The average molecular weight is 379 g/mol. The van der Waals surface area contributed by atoms with E-state index in [-0.39, 0.29) is 17.6 Å². The molecule has 2 aliphatic heterocycles. The summed E-state index contributed by atoms with van der Waals surface area (Å²) in [5.41, 5.74) is 0.802. The topological polar surface area (TPSA) is 51.7 Å². The second kappa shape index (κ2) is 7.15. The molecule has 1 unspecified atom stereocenters. The van der Waals surface area contributed by atoms with Crippen LogP contribution in [0, 0.1) is 6.92 Å². The summed E-state index contributed by atoms with van der Waals surface area (Å²) in [4.78, 5) is 19.8. The molecule has 0 saturated carbocycles. The summed E-state index contributed by atoms with van der Waals surface area (Å²) in [6.45, 7) is 4.65. The van der Waals surface area contributed by atoms with Crippen LogP contribution >= 0.6 is 22.7 Å². The van der Waals surface area contributed by atoms with Crippen LogP contribution in [0.1, 0.15) is 28.4 Å². The van der Waals surface area contributed by atoms with Gasteiger partial charge in [0, 0.05) is 23.3 Å². The summed E-state index contributed by atoms with van der Waals surface area (Å²) in [6, 6.07) is 4.00. The number of hydrogen-bond acceptors (Lipinski definition) is 6. The highest BCUT2D eigenvalue weighted by atomic mass is 32.1. The van der Waals surface area contributed by atoms with Gasteiger partial charge in [-0.3, -0.25) is 4.79 Å². The van der Waals surface area contributed by atoms with Crippen LogP contribution in [-0.2, 0) is 27.3 Å². The Morgan fingerprint density at radius 1 is 1.48 bits per heavy atom. The lowest BCUT2D eigenvalue weighted by atomic mass is 9.84. The van der Waals surface area contributed by atoms with E-state index in [0.29, 0.717) is 32.7 Å². The Balaban J connectivity index is 1.26. The number of aryl methyl sites for hydroxylation is 1. The molecule has 5 nitrogen and oxygen atoms in total. The second-order valence-electron chi connectivity index (χ2n) is 6.82. The molecule has 0 N–H and O–H groups in total. The van der Waals surface area contributed by atoms with Crippen molar-refractivity contribution in [2.45, 2.75) is 44.5 Å². The number of nitrogens with zero attached hydrogens (tertiary/aromatic N) is 2. The summed E-state index contributed by atoms with van der Waals surface area (Å²) in [5, 5.41) is 5.13. The van der Waals surface area contributed by atoms with E-state index in [1.807, 2.05) is 29.3 Å². The van der Waals surface area contributed by atoms with Crippen molar-refractivity contribution < 1.29 is 14.3 Å². The molecule has 2 aliphatic rings. The van der Waals surface area contributed by atoms with Crippen molar-refractivity contribution in [2.75, 3.05) is 19.7 Å². The Hall–Kier alpha value is -1.28. The summed E-state index contributed by atoms with van der Waals surface area (Å²) >= 11 is 3.29. The number of hydrogen-bond donors (Lipinski definition) is 0. The van der Waals surface area contributed by atoms with Crippen LogP contribution in [0.2, 0.25) is 0 Å². The molecule has 0 aliphatic carbocycles. The molecule has 1 spiro atoms. The van der Waals surface area contributed by atoms with Crippen LogP contribution in [0.25, 0.3) is 0 Å². The Kier molecular flexibility index (Phi) is 4.90. The molecule has 7 heteroatoms. The van der Waals surface area contributed by atoms with E-state index in [0.717, 1.165) is 28.4 Å². The van der Waals surface area contributed by atoms with E-state index in [1.165, 1.54) is 0 Å². The molecule has 1 amide bonds. The highest BCUT2D eigenvalue weighted by Gasteiger charge is 2.49. The molecule has 2 fully saturated rings. The number of rotatable bonds is 5. The van der Waals surface area contributed by atoms with Crippen molar-refractivity contribution in [2.24, 2.45) is 0 Å². The van der Waals surface area contributed by atoms with Crippen LogP contribution in [0.5, 0.6) is 0 Å². The first-order valence-electron chi connectivity index (χ1n) is 8.59. The SMILES string of the molecule is Cc1nc(COC2CCOC3(C2)CN(C(=O)Cc2cccs2)C3)cs1. The molecule has 4 heterocycles. The Labute approximate surface area is 155 Å². The first-order chi connectivity index (χ1) is 12.1. The molecule has 0 bridgehead atoms. The molecule has 134 valence electrons. The van der Waals surface area contributed by atoms with Gasteiger partial charge in [0.2, 0.25) is 5.91 Å². The van der Waals surface area contributed by atoms with Crippen molar-refractivity contribution in [3.63, 3.8) is 0 Å². The monoisotopic (exact) mass is 378 g/mol. The molecule has 2 saturated heterocycles. The van der Waals surface area contributed by atoms with E-state index >= 15 is 0 Å². The minimum Gasteiger partial charge on any atom is -0.372 e. The fraction of sp³-hybridized carbons (Fsp3) is 0.556. The number of carbonyl (C=O) groups excluding carboxylic acids is 1. The summed E-state index contributed by atoms with van der Waals surface area (Å²) in [7, 11) is 0. The van der Waals surface area contributed by atoms with Gasteiger partial charge in [-0.1, -0.05) is 6.07 Å². The van der Waals surface area contributed by atoms with Gasteiger partial charge in [-0.15, -0.1) is 22.7 Å². The summed E-state index contributed by atoms with van der Waals surface area (Å²) in [5.74, 6) is 0.192. The van der Waals surface area contributed by atoms with Crippen molar-refractivity contribution >= 4 is 28.6 Å². The maximum absolute atomic E-state index is 12.4. The van der Waals surface area contributed by atoms with Gasteiger partial charge < -0.3 is 14.4 Å². The molecule has 25 heavy (non-hydrogen) atoms. The molecule has 2 aromatic rings. The first-order valence-corrected chi connectivity index (χ1v) is 10.3. The van der Waals surface area contributed by atoms with E-state index in [9.17, 15) is 4.79 Å². The minimum absolute atomic E-state index is 0.185. The number of thiophene rings is 1. The zero-order chi connectivity index (χ0) is 17.3. The number of likely N-dealkylation sites (tertiary alicyclic amines) is 1. The molecule has 0 aromatic carbocycles. The van der Waals surface area contributed by atoms with Crippen molar-refractivity contribution in [3.8, 4) is 0 Å². The van der Waals surface area contributed by atoms with Crippen LogP contribution < -0.4 is 0 Å². The molecular formula is C18H22N2O3S2. The number of aromatic nitrogens is 1. The quantitative estimate of drug-likeness (QED) is 0.802. The molecular weight excluding hydrogens is 356 g/mol. The number of thiazole rings is 1. The van der Waals surface area contributed by atoms with Crippen LogP contribution in [-0.4, -0.2) is 47.2 Å². The number of ether oxygens (including phenoxy) is 2. The lowest BCUT2D eigenvalue weighted by molar-refractivity contribution is -0.202. The second-order valence-corrected chi connectivity index (χ2v) is 8.92. The van der Waals surface area contributed by atoms with Gasteiger partial charge in [0.25, 0.3) is 0 Å². The molecule has 0 radical (unpaired) electrons. The van der Waals surface area contributed by atoms with E-state index in [4.69, 9.17) is 9.47 Å². The average Bonchev–Trinajstić information content (AvgIpc) is 3.22. The maximum Gasteiger partial charge on any atom is 0.228 e. The van der Waals surface area contributed by atoms with Crippen molar-refractivity contribution in [1.82, 2.24) is 9.88 Å². The number of amides is 1. The van der Waals surface area contributed by atoms with Gasteiger partial charge in [0.1, 0.15) is 5.60 Å². The fourth-order valence-electron chi connectivity index (χ4n) is 3.52. The van der Waals surface area contributed by atoms with Gasteiger partial charge in [-0.2, -0.15) is 0 Å². The maximum atomic E-state index is 12.4. The van der Waals surface area contributed by atoms with Gasteiger partial charge in [-0.05, 0) is 24.8 Å². The predicted molar refractivity (Wildman–Crippen MR) is 97.9 cm³/mol. The molecule has 4 rings (SSSR count). The third kappa shape index (κ3) is 3.95. The smallest absolute Gasteiger partial charge is 0.228 e. The van der Waals surface area contributed by atoms with Crippen LogP contribution in [0.15, 0.2) is 22.9 Å². The van der Waals surface area contributed by atoms with Gasteiger partial charge in [0.15, 0.2) is 0 Å². The van der Waals surface area contributed by atoms with E-state index < -0.39 is 0 Å². The Bertz CT molecular complexity index is 723. The zero-order valence-electron chi connectivity index (χ0n) is 14.3. The first kappa shape index (κ1) is 17.1. The summed E-state index contributed by atoms with van der Waals surface area (Å²) in [6.07, 6.45) is 2.45. The molecule has 1 atom stereocenters. The molecule has 2 aromatic heterocycles. The highest BCUT2D eigenvalue weighted by Crippen LogP contribution is 2.36. The van der Waals surface area contributed by atoms with Crippen LogP contribution in [0.4, 0.5) is 0 Å². The fourth-order valence-corrected chi connectivity index (χ4v) is 4.82. The van der Waals surface area contributed by atoms with Crippen LogP contribution in [0.3, 0.4) is 0 Å². The Morgan fingerprint density at radius 2 is 2.36 bits per heavy atom. The van der Waals surface area contributed by atoms with Gasteiger partial charge in [0.05, 0.1) is 42.9 Å². The predicted octanol–water partition coefficient (Wildman–Crippen LogP) is 3.03. The van der Waals surface area contributed by atoms with Gasteiger partial charge >= 0.3 is 0 Å². The lowest BCUT2D eigenvalue weighted by Gasteiger charge is -2.53. The third-order valence-electron chi connectivity index (χ3n) is 4.80. The zero-order valence-corrected chi connectivity index (χ0v) is 15.9. The lowest BCUT2D eigenvalue weighted by Crippen LogP contribution is -2.67.